The molecule has 4 nitrogen and oxygen atoms in total. The van der Waals surface area contributed by atoms with Gasteiger partial charge in [0, 0.05) is 10.0 Å². The zero-order valence-corrected chi connectivity index (χ0v) is 11.6. The van der Waals surface area contributed by atoms with E-state index in [1.807, 2.05) is 0 Å². The Morgan fingerprint density at radius 3 is 2.80 bits per heavy atom. The molecule has 0 saturated heterocycles. The summed E-state index contributed by atoms with van der Waals surface area (Å²) >= 11 is 3.16. The predicted octanol–water partition coefficient (Wildman–Crippen LogP) is 3.10. The van der Waals surface area contributed by atoms with Crippen LogP contribution in [0.4, 0.5) is 4.39 Å². The molecule has 3 aromatic rings. The monoisotopic (exact) mass is 337 g/mol. The number of H-pyrrole nitrogens is 1. The topological polar surface area (TPSA) is 66.2 Å². The molecule has 0 fully saturated rings. The number of aromatic nitrogens is 1. The Labute approximate surface area is 121 Å². The fourth-order valence-electron chi connectivity index (χ4n) is 2.03. The predicted molar refractivity (Wildman–Crippen MR) is 75.0 cm³/mol. The van der Waals surface area contributed by atoms with Crippen molar-refractivity contribution < 1.29 is 13.9 Å². The highest BCUT2D eigenvalue weighted by molar-refractivity contribution is 9.10. The first-order valence-corrected chi connectivity index (χ1v) is 6.59. The summed E-state index contributed by atoms with van der Waals surface area (Å²) in [6, 6.07) is 9.17. The number of hydrogen-bond acceptors (Lipinski definition) is 3. The molecular weight excluding hydrogens is 329 g/mol. The molecule has 102 valence electrons. The van der Waals surface area contributed by atoms with Crippen LogP contribution in [0.2, 0.25) is 0 Å². The SMILES string of the molecule is O=c1[nH]c2ccc(C(O)c3ccc(Br)cc3F)cc2o1. The minimum absolute atomic E-state index is 0.158. The Kier molecular flexibility index (Phi) is 3.19. The van der Waals surface area contributed by atoms with Gasteiger partial charge in [0.05, 0.1) is 5.52 Å². The van der Waals surface area contributed by atoms with Gasteiger partial charge in [-0.2, -0.15) is 0 Å². The van der Waals surface area contributed by atoms with E-state index < -0.39 is 17.7 Å². The highest BCUT2D eigenvalue weighted by Crippen LogP contribution is 2.27. The van der Waals surface area contributed by atoms with E-state index in [1.54, 1.807) is 18.2 Å². The van der Waals surface area contributed by atoms with Crippen molar-refractivity contribution >= 4 is 27.0 Å². The van der Waals surface area contributed by atoms with Crippen LogP contribution < -0.4 is 5.76 Å². The molecule has 1 unspecified atom stereocenters. The Balaban J connectivity index is 2.06. The average molecular weight is 338 g/mol. The van der Waals surface area contributed by atoms with E-state index in [-0.39, 0.29) is 5.56 Å². The average Bonchev–Trinajstić information content (AvgIpc) is 2.77. The summed E-state index contributed by atoms with van der Waals surface area (Å²) in [4.78, 5) is 13.6. The van der Waals surface area contributed by atoms with E-state index in [0.29, 0.717) is 21.1 Å². The molecule has 1 atom stereocenters. The highest BCUT2D eigenvalue weighted by Gasteiger charge is 2.16. The molecule has 1 aromatic heterocycles. The normalized spacial score (nSPS) is 12.8. The molecular formula is C14H9BrFNO3. The van der Waals surface area contributed by atoms with E-state index in [4.69, 9.17) is 4.42 Å². The van der Waals surface area contributed by atoms with Crippen LogP contribution in [-0.4, -0.2) is 10.1 Å². The third kappa shape index (κ3) is 2.28. The molecule has 3 rings (SSSR count). The van der Waals surface area contributed by atoms with Gasteiger partial charge < -0.3 is 9.52 Å². The van der Waals surface area contributed by atoms with Crippen molar-refractivity contribution in [3.63, 3.8) is 0 Å². The minimum Gasteiger partial charge on any atom is -0.408 e. The molecule has 0 amide bonds. The molecule has 20 heavy (non-hydrogen) atoms. The fourth-order valence-corrected chi connectivity index (χ4v) is 2.37. The van der Waals surface area contributed by atoms with Crippen molar-refractivity contribution in [3.8, 4) is 0 Å². The van der Waals surface area contributed by atoms with Gasteiger partial charge in [0.15, 0.2) is 5.58 Å². The second-order valence-corrected chi connectivity index (χ2v) is 5.25. The maximum atomic E-state index is 13.8. The number of benzene rings is 2. The van der Waals surface area contributed by atoms with E-state index in [0.717, 1.165) is 0 Å². The summed E-state index contributed by atoms with van der Waals surface area (Å²) in [6.45, 7) is 0. The van der Waals surface area contributed by atoms with Crippen LogP contribution in [0, 0.1) is 5.82 Å². The number of rotatable bonds is 2. The fraction of sp³-hybridized carbons (Fsp3) is 0.0714. The van der Waals surface area contributed by atoms with Crippen molar-refractivity contribution in [1.29, 1.82) is 0 Å². The lowest BCUT2D eigenvalue weighted by Crippen LogP contribution is -2.02. The molecule has 2 aromatic carbocycles. The van der Waals surface area contributed by atoms with Crippen LogP contribution in [-0.2, 0) is 0 Å². The largest absolute Gasteiger partial charge is 0.417 e. The van der Waals surface area contributed by atoms with Gasteiger partial charge in [-0.3, -0.25) is 4.98 Å². The number of oxazole rings is 1. The molecule has 0 aliphatic heterocycles. The summed E-state index contributed by atoms with van der Waals surface area (Å²) in [5.74, 6) is -1.08. The van der Waals surface area contributed by atoms with Gasteiger partial charge in [0.1, 0.15) is 11.9 Å². The second-order valence-electron chi connectivity index (χ2n) is 4.34. The quantitative estimate of drug-likeness (QED) is 0.755. The van der Waals surface area contributed by atoms with Gasteiger partial charge in [-0.15, -0.1) is 0 Å². The van der Waals surface area contributed by atoms with Crippen molar-refractivity contribution in [2.24, 2.45) is 0 Å². The second kappa shape index (κ2) is 4.88. The first-order chi connectivity index (χ1) is 9.54. The summed E-state index contributed by atoms with van der Waals surface area (Å²) in [5.41, 5.74) is 1.46. The zero-order valence-electron chi connectivity index (χ0n) is 10.1. The number of nitrogens with one attached hydrogen (secondary N) is 1. The van der Waals surface area contributed by atoms with E-state index in [1.165, 1.54) is 18.2 Å². The van der Waals surface area contributed by atoms with E-state index in [9.17, 15) is 14.3 Å². The van der Waals surface area contributed by atoms with Crippen molar-refractivity contribution in [3.05, 3.63) is 68.4 Å². The molecule has 0 aliphatic rings. The molecule has 0 spiro atoms. The highest BCUT2D eigenvalue weighted by atomic mass is 79.9. The Morgan fingerprint density at radius 2 is 2.05 bits per heavy atom. The maximum Gasteiger partial charge on any atom is 0.417 e. The lowest BCUT2D eigenvalue weighted by molar-refractivity contribution is 0.215. The third-order valence-electron chi connectivity index (χ3n) is 3.02. The van der Waals surface area contributed by atoms with E-state index in [2.05, 4.69) is 20.9 Å². The van der Waals surface area contributed by atoms with Crippen LogP contribution in [0.3, 0.4) is 0 Å². The minimum atomic E-state index is -1.13. The van der Waals surface area contributed by atoms with Crippen molar-refractivity contribution in [2.45, 2.75) is 6.10 Å². The Hall–Kier alpha value is -1.92. The third-order valence-corrected chi connectivity index (χ3v) is 3.51. The van der Waals surface area contributed by atoms with Gasteiger partial charge in [0.2, 0.25) is 0 Å². The van der Waals surface area contributed by atoms with Crippen molar-refractivity contribution in [2.75, 3.05) is 0 Å². The molecule has 0 aliphatic carbocycles. The number of fused-ring (bicyclic) bond motifs is 1. The lowest BCUT2D eigenvalue weighted by Gasteiger charge is -2.12. The summed E-state index contributed by atoms with van der Waals surface area (Å²) in [5, 5.41) is 10.2. The van der Waals surface area contributed by atoms with Crippen LogP contribution >= 0.6 is 15.9 Å². The first kappa shape index (κ1) is 13.1. The van der Waals surface area contributed by atoms with Crippen LogP contribution in [0.25, 0.3) is 11.1 Å². The summed E-state index contributed by atoms with van der Waals surface area (Å²) in [6.07, 6.45) is -1.13. The Morgan fingerprint density at radius 1 is 1.25 bits per heavy atom. The van der Waals surface area contributed by atoms with Crippen molar-refractivity contribution in [1.82, 2.24) is 4.98 Å². The van der Waals surface area contributed by atoms with E-state index >= 15 is 0 Å². The molecule has 1 heterocycles. The number of aliphatic hydroxyl groups is 1. The smallest absolute Gasteiger partial charge is 0.408 e. The summed E-state index contributed by atoms with van der Waals surface area (Å²) in [7, 11) is 0. The standard InChI is InChI=1S/C14H9BrFNO3/c15-8-2-3-9(10(16)6-8)13(18)7-1-4-11-12(5-7)20-14(19)17-11/h1-6,13,18H,(H,17,19). The molecule has 2 N–H and O–H groups in total. The van der Waals surface area contributed by atoms with Gasteiger partial charge in [0.25, 0.3) is 0 Å². The number of aliphatic hydroxyl groups excluding tert-OH is 1. The maximum absolute atomic E-state index is 13.8. The zero-order chi connectivity index (χ0) is 14.3. The molecule has 6 heteroatoms. The number of aromatic amines is 1. The lowest BCUT2D eigenvalue weighted by atomic mass is 10.0. The number of halogens is 2. The van der Waals surface area contributed by atoms with Crippen LogP contribution in [0.5, 0.6) is 0 Å². The molecule has 0 bridgehead atoms. The Bertz CT molecular complexity index is 840. The van der Waals surface area contributed by atoms with Gasteiger partial charge >= 0.3 is 5.76 Å². The number of hydrogen-bond donors (Lipinski definition) is 2. The van der Waals surface area contributed by atoms with Gasteiger partial charge in [-0.25, -0.2) is 9.18 Å². The first-order valence-electron chi connectivity index (χ1n) is 5.80. The molecule has 0 radical (unpaired) electrons. The van der Waals surface area contributed by atoms with Gasteiger partial charge in [-0.05, 0) is 29.8 Å². The van der Waals surface area contributed by atoms with Crippen LogP contribution in [0.15, 0.2) is 50.1 Å². The summed E-state index contributed by atoms with van der Waals surface area (Å²) < 4.78 is 19.4. The van der Waals surface area contributed by atoms with Crippen LogP contribution in [0.1, 0.15) is 17.2 Å². The van der Waals surface area contributed by atoms with Gasteiger partial charge in [-0.1, -0.05) is 28.1 Å². The molecule has 0 saturated carbocycles.